The number of nitrogens with two attached hydrogens (primary N) is 1. The number of nitrogens with zero attached hydrogens (tertiary/aromatic N) is 2. The summed E-state index contributed by atoms with van der Waals surface area (Å²) in [5.41, 5.74) is 8.75. The molecule has 150 valence electrons. The summed E-state index contributed by atoms with van der Waals surface area (Å²) < 4.78 is 5.89. The Balaban J connectivity index is 1.60. The monoisotopic (exact) mass is 394 g/mol. The van der Waals surface area contributed by atoms with E-state index in [0.29, 0.717) is 22.5 Å². The predicted molar refractivity (Wildman–Crippen MR) is 107 cm³/mol. The molecule has 0 radical (unpaired) electrons. The number of H-pyrrole nitrogens is 1. The van der Waals surface area contributed by atoms with E-state index in [4.69, 9.17) is 10.5 Å². The number of primary amides is 1. The zero-order valence-electron chi connectivity index (χ0n) is 16.2. The van der Waals surface area contributed by atoms with Crippen LogP contribution in [0.1, 0.15) is 47.8 Å². The number of benzene rings is 1. The van der Waals surface area contributed by atoms with E-state index in [0.717, 1.165) is 24.0 Å². The third-order valence-electron chi connectivity index (χ3n) is 4.76. The summed E-state index contributed by atoms with van der Waals surface area (Å²) in [5, 5.41) is 5.59. The Morgan fingerprint density at radius 1 is 1.34 bits per heavy atom. The highest BCUT2D eigenvalue weighted by Gasteiger charge is 2.24. The van der Waals surface area contributed by atoms with Crippen molar-refractivity contribution in [1.82, 2.24) is 25.6 Å². The average molecular weight is 394 g/mol. The van der Waals surface area contributed by atoms with Crippen molar-refractivity contribution in [3.63, 3.8) is 0 Å². The van der Waals surface area contributed by atoms with Gasteiger partial charge >= 0.3 is 6.03 Å². The zero-order chi connectivity index (χ0) is 20.5. The van der Waals surface area contributed by atoms with Crippen LogP contribution in [0.4, 0.5) is 4.79 Å². The first-order valence-corrected chi connectivity index (χ1v) is 9.42. The molecular weight excluding hydrogens is 372 g/mol. The lowest BCUT2D eigenvalue weighted by atomic mass is 10.1. The number of aryl methyl sites for hydroxylation is 1. The van der Waals surface area contributed by atoms with E-state index in [2.05, 4.69) is 25.6 Å². The van der Waals surface area contributed by atoms with Gasteiger partial charge in [0.25, 0.3) is 5.91 Å². The lowest BCUT2D eigenvalue weighted by Gasteiger charge is -2.13. The van der Waals surface area contributed by atoms with Crippen LogP contribution >= 0.6 is 0 Å². The maximum absolute atomic E-state index is 12.4. The molecule has 3 aromatic rings. The number of hydrogen-bond donors (Lipinski definition) is 4. The molecule has 0 saturated heterocycles. The second-order valence-electron chi connectivity index (χ2n) is 7.30. The largest absolute Gasteiger partial charge is 0.437 e. The molecule has 4 rings (SSSR count). The Bertz CT molecular complexity index is 1090. The lowest BCUT2D eigenvalue weighted by Crippen LogP contribution is -2.32. The molecule has 9 nitrogen and oxygen atoms in total. The minimum absolute atomic E-state index is 0.00760. The highest BCUT2D eigenvalue weighted by molar-refractivity contribution is 6.04. The number of aromatic nitrogens is 3. The number of aromatic amines is 1. The van der Waals surface area contributed by atoms with Gasteiger partial charge in [0.15, 0.2) is 5.65 Å². The van der Waals surface area contributed by atoms with Crippen LogP contribution in [0.3, 0.4) is 0 Å². The number of hydrogen-bond acceptors (Lipinski definition) is 5. The summed E-state index contributed by atoms with van der Waals surface area (Å²) in [6, 6.07) is 5.02. The van der Waals surface area contributed by atoms with Gasteiger partial charge in [-0.1, -0.05) is 6.07 Å². The van der Waals surface area contributed by atoms with Gasteiger partial charge in [0.05, 0.1) is 17.8 Å². The SMILES string of the molecule is CC(C)NC(=O)c1c[nH]c2ncc(Oc3ccc4c(c3)[C@H](NC(N)=O)CC4)nc12. The standard InChI is InChI=1S/C20H22N6O3/c1-10(2)24-19(27)14-8-22-18-17(14)26-16(9-23-18)29-12-5-3-11-4-6-15(13(11)7-12)25-20(21)28/h3,5,7-10,15H,4,6H2,1-2H3,(H,22,23)(H,24,27)(H3,21,25,28)/t15-/m1/s1. The number of carbonyl (C=O) groups is 2. The first kappa shape index (κ1) is 18.7. The minimum Gasteiger partial charge on any atom is -0.437 e. The summed E-state index contributed by atoms with van der Waals surface area (Å²) in [6.45, 7) is 3.78. The van der Waals surface area contributed by atoms with Crippen LogP contribution in [0.5, 0.6) is 11.6 Å². The van der Waals surface area contributed by atoms with Gasteiger partial charge in [-0.3, -0.25) is 4.79 Å². The van der Waals surface area contributed by atoms with Crippen LogP contribution < -0.4 is 21.1 Å². The van der Waals surface area contributed by atoms with E-state index in [1.54, 1.807) is 6.20 Å². The number of carbonyl (C=O) groups excluding carboxylic acids is 2. The second kappa shape index (κ2) is 7.42. The van der Waals surface area contributed by atoms with Gasteiger partial charge in [0.1, 0.15) is 11.3 Å². The number of amides is 3. The molecule has 1 atom stereocenters. The Morgan fingerprint density at radius 3 is 2.93 bits per heavy atom. The van der Waals surface area contributed by atoms with Crippen molar-refractivity contribution in [3.05, 3.63) is 47.3 Å². The fourth-order valence-electron chi connectivity index (χ4n) is 3.52. The predicted octanol–water partition coefficient (Wildman–Crippen LogP) is 2.54. The molecule has 2 aromatic heterocycles. The minimum atomic E-state index is -0.551. The molecule has 0 spiro atoms. The Morgan fingerprint density at radius 2 is 2.17 bits per heavy atom. The van der Waals surface area contributed by atoms with Gasteiger partial charge in [0, 0.05) is 12.2 Å². The number of fused-ring (bicyclic) bond motifs is 2. The van der Waals surface area contributed by atoms with Crippen LogP contribution in [0, 0.1) is 0 Å². The van der Waals surface area contributed by atoms with Gasteiger partial charge in [-0.05, 0) is 49.9 Å². The van der Waals surface area contributed by atoms with E-state index in [1.807, 2.05) is 32.0 Å². The molecule has 9 heteroatoms. The highest BCUT2D eigenvalue weighted by Crippen LogP contribution is 2.35. The van der Waals surface area contributed by atoms with Crippen molar-refractivity contribution in [1.29, 1.82) is 0 Å². The van der Waals surface area contributed by atoms with E-state index < -0.39 is 6.03 Å². The van der Waals surface area contributed by atoms with E-state index in [-0.39, 0.29) is 23.9 Å². The van der Waals surface area contributed by atoms with E-state index in [1.165, 1.54) is 6.20 Å². The molecular formula is C20H22N6O3. The maximum atomic E-state index is 12.4. The third-order valence-corrected chi connectivity index (χ3v) is 4.76. The van der Waals surface area contributed by atoms with Gasteiger partial charge in [0.2, 0.25) is 5.88 Å². The van der Waals surface area contributed by atoms with Gasteiger partial charge in [-0.25, -0.2) is 14.8 Å². The van der Waals surface area contributed by atoms with Gasteiger partial charge in [-0.15, -0.1) is 0 Å². The Hall–Kier alpha value is -3.62. The molecule has 1 aliphatic rings. The van der Waals surface area contributed by atoms with Crippen molar-refractivity contribution in [3.8, 4) is 11.6 Å². The number of ether oxygens (including phenoxy) is 1. The van der Waals surface area contributed by atoms with E-state index in [9.17, 15) is 9.59 Å². The highest BCUT2D eigenvalue weighted by atomic mass is 16.5. The van der Waals surface area contributed by atoms with Crippen LogP contribution in [-0.2, 0) is 6.42 Å². The van der Waals surface area contributed by atoms with Crippen LogP contribution in [0.2, 0.25) is 0 Å². The summed E-state index contributed by atoms with van der Waals surface area (Å²) in [6.07, 6.45) is 4.74. The average Bonchev–Trinajstić information content (AvgIpc) is 3.25. The molecule has 0 saturated carbocycles. The first-order valence-electron chi connectivity index (χ1n) is 9.42. The number of urea groups is 1. The number of rotatable bonds is 5. The second-order valence-corrected chi connectivity index (χ2v) is 7.30. The summed E-state index contributed by atoms with van der Waals surface area (Å²) in [7, 11) is 0. The summed E-state index contributed by atoms with van der Waals surface area (Å²) in [5.74, 6) is 0.614. The maximum Gasteiger partial charge on any atom is 0.312 e. The van der Waals surface area contributed by atoms with Gasteiger partial charge in [-0.2, -0.15) is 0 Å². The summed E-state index contributed by atoms with van der Waals surface area (Å²) in [4.78, 5) is 35.3. The Kier molecular flexibility index (Phi) is 4.79. The van der Waals surface area contributed by atoms with Crippen molar-refractivity contribution in [2.45, 2.75) is 38.8 Å². The summed E-state index contributed by atoms with van der Waals surface area (Å²) >= 11 is 0. The molecule has 0 aliphatic heterocycles. The zero-order valence-corrected chi connectivity index (χ0v) is 16.2. The molecule has 1 aliphatic carbocycles. The molecule has 5 N–H and O–H groups in total. The smallest absolute Gasteiger partial charge is 0.312 e. The van der Waals surface area contributed by atoms with Crippen molar-refractivity contribution in [2.75, 3.05) is 0 Å². The van der Waals surface area contributed by atoms with Crippen molar-refractivity contribution >= 4 is 23.1 Å². The number of nitrogens with one attached hydrogen (secondary N) is 3. The topological polar surface area (TPSA) is 135 Å². The molecule has 29 heavy (non-hydrogen) atoms. The van der Waals surface area contributed by atoms with Crippen LogP contribution in [0.15, 0.2) is 30.6 Å². The first-order chi connectivity index (χ1) is 13.9. The van der Waals surface area contributed by atoms with Crippen molar-refractivity contribution in [2.24, 2.45) is 5.73 Å². The quantitative estimate of drug-likeness (QED) is 0.527. The molecule has 1 aromatic carbocycles. The lowest BCUT2D eigenvalue weighted by molar-refractivity contribution is 0.0944. The molecule has 0 fully saturated rings. The fourth-order valence-corrected chi connectivity index (χ4v) is 3.52. The van der Waals surface area contributed by atoms with Gasteiger partial charge < -0.3 is 26.1 Å². The fraction of sp³-hybridized carbons (Fsp3) is 0.300. The Labute approximate surface area is 167 Å². The molecule has 3 amide bonds. The molecule has 0 bridgehead atoms. The molecule has 0 unspecified atom stereocenters. The van der Waals surface area contributed by atoms with Crippen LogP contribution in [0.25, 0.3) is 11.2 Å². The molecule has 2 heterocycles. The van der Waals surface area contributed by atoms with Crippen LogP contribution in [-0.4, -0.2) is 32.9 Å². The van der Waals surface area contributed by atoms with Crippen molar-refractivity contribution < 1.29 is 14.3 Å². The normalized spacial score (nSPS) is 15.3. The van der Waals surface area contributed by atoms with E-state index >= 15 is 0 Å². The third kappa shape index (κ3) is 3.84.